The van der Waals surface area contributed by atoms with Gasteiger partial charge in [-0.05, 0) is 25.0 Å². The van der Waals surface area contributed by atoms with Crippen LogP contribution in [0.25, 0.3) is 0 Å². The van der Waals surface area contributed by atoms with E-state index in [0.29, 0.717) is 18.0 Å². The van der Waals surface area contributed by atoms with E-state index < -0.39 is 28.5 Å². The van der Waals surface area contributed by atoms with Crippen molar-refractivity contribution in [1.29, 1.82) is 10.5 Å². The minimum Gasteiger partial charge on any atom is -0.494 e. The Labute approximate surface area is 156 Å². The van der Waals surface area contributed by atoms with Crippen LogP contribution in [0.4, 0.5) is 20.2 Å². The normalized spacial score (nSPS) is 10.2. The SMILES string of the molecule is CCOc1cccc(Nc2c(F)c(C#N)c(C#N)c(F)c2OCC(C)C)c1. The Hall–Kier alpha value is -3.32. The van der Waals surface area contributed by atoms with Crippen LogP contribution in [-0.2, 0) is 0 Å². The number of nitrogens with zero attached hydrogens (tertiary/aromatic N) is 2. The lowest BCUT2D eigenvalue weighted by Crippen LogP contribution is -2.11. The van der Waals surface area contributed by atoms with Gasteiger partial charge in [0.2, 0.25) is 0 Å². The molecule has 0 spiro atoms. The second-order valence-corrected chi connectivity index (χ2v) is 6.10. The van der Waals surface area contributed by atoms with Crippen LogP contribution in [0.15, 0.2) is 24.3 Å². The van der Waals surface area contributed by atoms with E-state index in [1.165, 1.54) is 6.07 Å². The Morgan fingerprint density at radius 2 is 1.74 bits per heavy atom. The van der Waals surface area contributed by atoms with Gasteiger partial charge in [0, 0.05) is 11.8 Å². The number of ether oxygens (including phenoxy) is 2. The van der Waals surface area contributed by atoms with Gasteiger partial charge in [-0.15, -0.1) is 0 Å². The number of anilines is 2. The number of rotatable bonds is 7. The van der Waals surface area contributed by atoms with Gasteiger partial charge in [0.05, 0.1) is 13.2 Å². The van der Waals surface area contributed by atoms with Crippen molar-refractivity contribution in [2.45, 2.75) is 20.8 Å². The first-order chi connectivity index (χ1) is 12.9. The number of halogens is 2. The Bertz CT molecular complexity index is 915. The lowest BCUT2D eigenvalue weighted by Gasteiger charge is -2.18. The first-order valence-corrected chi connectivity index (χ1v) is 8.40. The highest BCUT2D eigenvalue weighted by atomic mass is 19.1. The third kappa shape index (κ3) is 4.45. The molecule has 0 bridgehead atoms. The minimum atomic E-state index is -1.07. The Kier molecular flexibility index (Phi) is 6.56. The molecule has 0 atom stereocenters. The van der Waals surface area contributed by atoms with Crippen molar-refractivity contribution in [3.05, 3.63) is 47.0 Å². The summed E-state index contributed by atoms with van der Waals surface area (Å²) >= 11 is 0. The Morgan fingerprint density at radius 1 is 1.07 bits per heavy atom. The lowest BCUT2D eigenvalue weighted by molar-refractivity contribution is 0.259. The molecule has 2 rings (SSSR count). The molecule has 0 aliphatic heterocycles. The number of nitrogens with one attached hydrogen (secondary N) is 1. The summed E-state index contributed by atoms with van der Waals surface area (Å²) in [6, 6.07) is 9.74. The summed E-state index contributed by atoms with van der Waals surface area (Å²) in [6.07, 6.45) is 0. The molecule has 0 radical (unpaired) electrons. The predicted molar refractivity (Wildman–Crippen MR) is 97.0 cm³/mol. The molecule has 1 N–H and O–H groups in total. The van der Waals surface area contributed by atoms with E-state index in [0.717, 1.165) is 0 Å². The maximum atomic E-state index is 14.9. The van der Waals surface area contributed by atoms with Crippen molar-refractivity contribution in [2.24, 2.45) is 5.92 Å². The van der Waals surface area contributed by atoms with Gasteiger partial charge in [-0.3, -0.25) is 0 Å². The van der Waals surface area contributed by atoms with E-state index in [1.54, 1.807) is 30.3 Å². The third-order valence-electron chi connectivity index (χ3n) is 3.53. The van der Waals surface area contributed by atoms with Crippen LogP contribution in [0.1, 0.15) is 31.9 Å². The van der Waals surface area contributed by atoms with Crippen molar-refractivity contribution in [2.75, 3.05) is 18.5 Å². The number of hydrogen-bond donors (Lipinski definition) is 1. The standard InChI is InChI=1S/C20H19F2N3O2/c1-4-26-14-7-5-6-13(8-14)25-19-17(21)15(9-23)16(10-24)18(22)20(19)27-11-12(2)3/h5-8,12,25H,4,11H2,1-3H3. The first kappa shape index (κ1) is 20.0. The fourth-order valence-electron chi connectivity index (χ4n) is 2.35. The van der Waals surface area contributed by atoms with E-state index >= 15 is 0 Å². The maximum Gasteiger partial charge on any atom is 0.186 e. The van der Waals surface area contributed by atoms with Crippen molar-refractivity contribution in [3.63, 3.8) is 0 Å². The van der Waals surface area contributed by atoms with Crippen molar-refractivity contribution < 1.29 is 18.3 Å². The predicted octanol–water partition coefficient (Wildman–Crippen LogP) is 4.89. The lowest BCUT2D eigenvalue weighted by atomic mass is 10.0. The fourth-order valence-corrected chi connectivity index (χ4v) is 2.35. The second kappa shape index (κ2) is 8.86. The third-order valence-corrected chi connectivity index (χ3v) is 3.53. The molecule has 5 nitrogen and oxygen atoms in total. The van der Waals surface area contributed by atoms with E-state index in [-0.39, 0.29) is 18.2 Å². The van der Waals surface area contributed by atoms with E-state index in [9.17, 15) is 14.0 Å². The zero-order valence-corrected chi connectivity index (χ0v) is 15.3. The van der Waals surface area contributed by atoms with Gasteiger partial charge in [-0.1, -0.05) is 19.9 Å². The zero-order chi connectivity index (χ0) is 20.0. The second-order valence-electron chi connectivity index (χ2n) is 6.10. The molecule has 0 aromatic heterocycles. The summed E-state index contributed by atoms with van der Waals surface area (Å²) in [6.45, 7) is 6.09. The number of nitriles is 2. The van der Waals surface area contributed by atoms with Gasteiger partial charge in [0.25, 0.3) is 0 Å². The molecule has 0 saturated heterocycles. The first-order valence-electron chi connectivity index (χ1n) is 8.40. The number of hydrogen-bond acceptors (Lipinski definition) is 5. The molecular weight excluding hydrogens is 352 g/mol. The summed E-state index contributed by atoms with van der Waals surface area (Å²) in [5.74, 6) is -1.96. The van der Waals surface area contributed by atoms with Gasteiger partial charge in [-0.2, -0.15) is 10.5 Å². The van der Waals surface area contributed by atoms with Crippen LogP contribution >= 0.6 is 0 Å². The average Bonchev–Trinajstić information content (AvgIpc) is 2.64. The fraction of sp³-hybridized carbons (Fsp3) is 0.300. The molecule has 0 aliphatic rings. The maximum absolute atomic E-state index is 14.9. The summed E-state index contributed by atoms with van der Waals surface area (Å²) in [5, 5.41) is 21.1. The van der Waals surface area contributed by atoms with Crippen LogP contribution < -0.4 is 14.8 Å². The van der Waals surface area contributed by atoms with Gasteiger partial charge >= 0.3 is 0 Å². The molecule has 2 aromatic rings. The number of benzene rings is 2. The minimum absolute atomic E-state index is 0.0442. The molecule has 7 heteroatoms. The van der Waals surface area contributed by atoms with E-state index in [4.69, 9.17) is 14.7 Å². The highest BCUT2D eigenvalue weighted by Gasteiger charge is 2.26. The zero-order valence-electron chi connectivity index (χ0n) is 15.3. The topological polar surface area (TPSA) is 78.1 Å². The van der Waals surface area contributed by atoms with Crippen LogP contribution in [-0.4, -0.2) is 13.2 Å². The van der Waals surface area contributed by atoms with Gasteiger partial charge < -0.3 is 14.8 Å². The van der Waals surface area contributed by atoms with Gasteiger partial charge in [-0.25, -0.2) is 8.78 Å². The largest absolute Gasteiger partial charge is 0.494 e. The molecule has 0 heterocycles. The molecule has 0 fully saturated rings. The van der Waals surface area contributed by atoms with Crippen molar-refractivity contribution in [3.8, 4) is 23.6 Å². The van der Waals surface area contributed by atoms with Crippen LogP contribution in [0.5, 0.6) is 11.5 Å². The molecule has 27 heavy (non-hydrogen) atoms. The van der Waals surface area contributed by atoms with E-state index in [2.05, 4.69) is 5.32 Å². The summed E-state index contributed by atoms with van der Waals surface area (Å²) in [7, 11) is 0. The van der Waals surface area contributed by atoms with Gasteiger partial charge in [0.1, 0.15) is 34.7 Å². The van der Waals surface area contributed by atoms with Crippen molar-refractivity contribution >= 4 is 11.4 Å². The molecule has 0 saturated carbocycles. The van der Waals surface area contributed by atoms with Crippen molar-refractivity contribution in [1.82, 2.24) is 0 Å². The summed E-state index contributed by atoms with van der Waals surface area (Å²) in [4.78, 5) is 0. The Morgan fingerprint density at radius 3 is 2.33 bits per heavy atom. The quantitative estimate of drug-likeness (QED) is 0.750. The smallest absolute Gasteiger partial charge is 0.186 e. The summed E-state index contributed by atoms with van der Waals surface area (Å²) < 4.78 is 40.5. The molecule has 0 amide bonds. The van der Waals surface area contributed by atoms with E-state index in [1.807, 2.05) is 20.8 Å². The Balaban J connectivity index is 2.59. The molecule has 2 aromatic carbocycles. The van der Waals surface area contributed by atoms with Crippen LogP contribution in [0.2, 0.25) is 0 Å². The van der Waals surface area contributed by atoms with Crippen LogP contribution in [0, 0.1) is 40.2 Å². The average molecular weight is 371 g/mol. The van der Waals surface area contributed by atoms with Gasteiger partial charge in [0.15, 0.2) is 17.4 Å². The molecule has 0 unspecified atom stereocenters. The highest BCUT2D eigenvalue weighted by molar-refractivity contribution is 5.73. The summed E-state index contributed by atoms with van der Waals surface area (Å²) in [5.41, 5.74) is -1.27. The molecular formula is C20H19F2N3O2. The van der Waals surface area contributed by atoms with Crippen LogP contribution in [0.3, 0.4) is 0 Å². The molecule has 140 valence electrons. The monoisotopic (exact) mass is 371 g/mol. The highest BCUT2D eigenvalue weighted by Crippen LogP contribution is 2.38. The molecule has 0 aliphatic carbocycles.